The lowest BCUT2D eigenvalue weighted by molar-refractivity contribution is 0.532. The molecular formula is C16H22N2S. The van der Waals surface area contributed by atoms with Crippen molar-refractivity contribution in [3.63, 3.8) is 0 Å². The van der Waals surface area contributed by atoms with Crippen LogP contribution in [0.25, 0.3) is 0 Å². The van der Waals surface area contributed by atoms with E-state index in [2.05, 4.69) is 54.5 Å². The fraction of sp³-hybridized carbons (Fsp3) is 0.438. The van der Waals surface area contributed by atoms with E-state index in [1.165, 1.54) is 22.6 Å². The van der Waals surface area contributed by atoms with Gasteiger partial charge in [-0.3, -0.25) is 0 Å². The van der Waals surface area contributed by atoms with Gasteiger partial charge in [0.15, 0.2) is 0 Å². The first kappa shape index (κ1) is 14.2. The topological polar surface area (TPSA) is 24.9 Å². The van der Waals surface area contributed by atoms with E-state index in [1.807, 2.05) is 18.4 Å². The molecular weight excluding hydrogens is 252 g/mol. The molecule has 102 valence electrons. The van der Waals surface area contributed by atoms with Crippen molar-refractivity contribution < 1.29 is 0 Å². The molecule has 1 heterocycles. The van der Waals surface area contributed by atoms with E-state index in [9.17, 15) is 0 Å². The third-order valence-corrected chi connectivity index (χ3v) is 4.59. The number of nitrogens with zero attached hydrogens (tertiary/aromatic N) is 1. The van der Waals surface area contributed by atoms with Crippen molar-refractivity contribution in [2.45, 2.75) is 39.2 Å². The first-order valence-electron chi connectivity index (χ1n) is 6.86. The van der Waals surface area contributed by atoms with Gasteiger partial charge in [-0.15, -0.1) is 11.3 Å². The summed E-state index contributed by atoms with van der Waals surface area (Å²) in [6.45, 7) is 4.19. The number of hydrogen-bond acceptors (Lipinski definition) is 3. The Morgan fingerprint density at radius 1 is 1.21 bits per heavy atom. The fourth-order valence-corrected chi connectivity index (χ4v) is 3.50. The molecule has 0 fully saturated rings. The van der Waals surface area contributed by atoms with Crippen LogP contribution < -0.4 is 5.32 Å². The minimum Gasteiger partial charge on any atom is -0.312 e. The fourth-order valence-electron chi connectivity index (χ4n) is 2.43. The Morgan fingerprint density at radius 3 is 2.53 bits per heavy atom. The van der Waals surface area contributed by atoms with E-state index in [4.69, 9.17) is 0 Å². The third kappa shape index (κ3) is 3.88. The molecule has 0 aliphatic rings. The molecule has 1 N–H and O–H groups in total. The van der Waals surface area contributed by atoms with Gasteiger partial charge in [-0.05, 0) is 45.7 Å². The molecule has 0 amide bonds. The predicted octanol–water partition coefficient (Wildman–Crippen LogP) is 4.04. The maximum absolute atomic E-state index is 4.52. The number of thiazole rings is 1. The Bertz CT molecular complexity index is 505. The highest BCUT2D eigenvalue weighted by atomic mass is 32.1. The Hall–Kier alpha value is -1.19. The van der Waals surface area contributed by atoms with Crippen LogP contribution in [0.3, 0.4) is 0 Å². The van der Waals surface area contributed by atoms with E-state index >= 15 is 0 Å². The average Bonchev–Trinajstić information content (AvgIpc) is 2.75. The van der Waals surface area contributed by atoms with E-state index in [1.54, 1.807) is 0 Å². The highest BCUT2D eigenvalue weighted by molar-refractivity contribution is 7.11. The Morgan fingerprint density at radius 2 is 1.95 bits per heavy atom. The quantitative estimate of drug-likeness (QED) is 0.860. The number of aromatic nitrogens is 1. The van der Waals surface area contributed by atoms with Crippen LogP contribution in [0.2, 0.25) is 0 Å². The lowest BCUT2D eigenvalue weighted by atomic mass is 10.0. The van der Waals surface area contributed by atoms with Crippen molar-refractivity contribution in [3.8, 4) is 0 Å². The van der Waals surface area contributed by atoms with Crippen LogP contribution >= 0.6 is 11.3 Å². The van der Waals surface area contributed by atoms with Crippen molar-refractivity contribution in [3.05, 3.63) is 51.5 Å². The maximum Gasteiger partial charge on any atom is 0.0900 e. The lowest BCUT2D eigenvalue weighted by Gasteiger charge is -2.15. The second-order valence-electron chi connectivity index (χ2n) is 4.90. The largest absolute Gasteiger partial charge is 0.312 e. The summed E-state index contributed by atoms with van der Waals surface area (Å²) in [4.78, 5) is 5.92. The van der Waals surface area contributed by atoms with Crippen molar-refractivity contribution in [1.29, 1.82) is 0 Å². The minimum absolute atomic E-state index is 0.440. The zero-order chi connectivity index (χ0) is 13.7. The van der Waals surface area contributed by atoms with Gasteiger partial charge in [-0.1, -0.05) is 30.3 Å². The summed E-state index contributed by atoms with van der Waals surface area (Å²) >= 11 is 1.82. The normalized spacial score (nSPS) is 12.6. The summed E-state index contributed by atoms with van der Waals surface area (Å²) in [7, 11) is 2.04. The molecule has 0 saturated carbocycles. The van der Waals surface area contributed by atoms with Crippen molar-refractivity contribution in [2.75, 3.05) is 7.05 Å². The van der Waals surface area contributed by atoms with Crippen molar-refractivity contribution >= 4 is 11.3 Å². The van der Waals surface area contributed by atoms with Gasteiger partial charge in [0.25, 0.3) is 0 Å². The predicted molar refractivity (Wildman–Crippen MR) is 82.8 cm³/mol. The third-order valence-electron chi connectivity index (χ3n) is 3.41. The number of aryl methyl sites for hydroxylation is 3. The summed E-state index contributed by atoms with van der Waals surface area (Å²) in [5, 5.41) is 4.59. The molecule has 0 radical (unpaired) electrons. The van der Waals surface area contributed by atoms with Gasteiger partial charge in [0, 0.05) is 10.9 Å². The van der Waals surface area contributed by atoms with Gasteiger partial charge in [-0.2, -0.15) is 0 Å². The minimum atomic E-state index is 0.440. The van der Waals surface area contributed by atoms with Crippen LogP contribution in [0.15, 0.2) is 30.3 Å². The smallest absolute Gasteiger partial charge is 0.0900 e. The first-order chi connectivity index (χ1) is 9.20. The van der Waals surface area contributed by atoms with Crippen molar-refractivity contribution in [1.82, 2.24) is 10.3 Å². The van der Waals surface area contributed by atoms with Crippen LogP contribution in [0, 0.1) is 13.8 Å². The molecule has 2 aromatic rings. The van der Waals surface area contributed by atoms with Crippen LogP contribution in [-0.4, -0.2) is 12.0 Å². The average molecular weight is 274 g/mol. The van der Waals surface area contributed by atoms with E-state index in [-0.39, 0.29) is 0 Å². The summed E-state index contributed by atoms with van der Waals surface area (Å²) in [6.07, 6.45) is 3.51. The zero-order valence-electron chi connectivity index (χ0n) is 11.9. The highest BCUT2D eigenvalue weighted by Gasteiger charge is 2.15. The zero-order valence-corrected chi connectivity index (χ0v) is 12.8. The van der Waals surface area contributed by atoms with Crippen LogP contribution in [0.1, 0.15) is 40.0 Å². The number of hydrogen-bond donors (Lipinski definition) is 1. The summed E-state index contributed by atoms with van der Waals surface area (Å²) in [5.41, 5.74) is 2.61. The van der Waals surface area contributed by atoms with Gasteiger partial charge in [0.1, 0.15) is 0 Å². The lowest BCUT2D eigenvalue weighted by Crippen LogP contribution is -2.16. The molecule has 0 saturated heterocycles. The maximum atomic E-state index is 4.52. The van der Waals surface area contributed by atoms with Gasteiger partial charge < -0.3 is 5.32 Å². The number of rotatable bonds is 6. The van der Waals surface area contributed by atoms with Gasteiger partial charge in [0.2, 0.25) is 0 Å². The second-order valence-corrected chi connectivity index (χ2v) is 6.14. The van der Waals surface area contributed by atoms with Gasteiger partial charge in [-0.25, -0.2) is 4.98 Å². The van der Waals surface area contributed by atoms with E-state index in [0.717, 1.165) is 17.8 Å². The Kier molecular flexibility index (Phi) is 5.11. The van der Waals surface area contributed by atoms with Gasteiger partial charge in [0.05, 0.1) is 10.7 Å². The molecule has 1 aromatic heterocycles. The summed E-state index contributed by atoms with van der Waals surface area (Å²) < 4.78 is 0. The molecule has 0 spiro atoms. The standard InChI is InChI=1S/C16H22N2S/c1-12-16(19-13(2)18-12)15(17-3)11-7-10-14-8-5-4-6-9-14/h4-6,8-9,15,17H,7,10-11H2,1-3H3. The molecule has 0 aliphatic heterocycles. The monoisotopic (exact) mass is 274 g/mol. The van der Waals surface area contributed by atoms with E-state index < -0.39 is 0 Å². The first-order valence-corrected chi connectivity index (χ1v) is 7.67. The van der Waals surface area contributed by atoms with Crippen LogP contribution in [0.4, 0.5) is 0 Å². The van der Waals surface area contributed by atoms with Crippen LogP contribution in [-0.2, 0) is 6.42 Å². The van der Waals surface area contributed by atoms with Crippen molar-refractivity contribution in [2.24, 2.45) is 0 Å². The van der Waals surface area contributed by atoms with Crippen LogP contribution in [0.5, 0.6) is 0 Å². The molecule has 1 aromatic carbocycles. The Labute approximate surface area is 119 Å². The molecule has 2 nitrogen and oxygen atoms in total. The second kappa shape index (κ2) is 6.83. The number of benzene rings is 1. The molecule has 1 unspecified atom stereocenters. The molecule has 0 bridgehead atoms. The molecule has 0 aliphatic carbocycles. The molecule has 3 heteroatoms. The summed E-state index contributed by atoms with van der Waals surface area (Å²) in [6, 6.07) is 11.1. The summed E-state index contributed by atoms with van der Waals surface area (Å²) in [5.74, 6) is 0. The molecule has 2 rings (SSSR count). The number of nitrogens with one attached hydrogen (secondary N) is 1. The van der Waals surface area contributed by atoms with Gasteiger partial charge >= 0.3 is 0 Å². The molecule has 1 atom stereocenters. The van der Waals surface area contributed by atoms with E-state index in [0.29, 0.717) is 6.04 Å². The SMILES string of the molecule is CNC(CCCc1ccccc1)c1sc(C)nc1C. The molecule has 19 heavy (non-hydrogen) atoms. The Balaban J connectivity index is 1.91. The highest BCUT2D eigenvalue weighted by Crippen LogP contribution is 2.28.